The fourth-order valence-corrected chi connectivity index (χ4v) is 3.43. The lowest BCUT2D eigenvalue weighted by atomic mass is 10.3. The van der Waals surface area contributed by atoms with Gasteiger partial charge in [-0.05, 0) is 44.2 Å². The predicted molar refractivity (Wildman–Crippen MR) is 89.9 cm³/mol. The van der Waals surface area contributed by atoms with Crippen LogP contribution in [0.1, 0.15) is 45.4 Å². The van der Waals surface area contributed by atoms with Crippen molar-refractivity contribution in [2.45, 2.75) is 52.1 Å². The third-order valence-electron chi connectivity index (χ3n) is 3.92. The topological polar surface area (TPSA) is 41.1 Å². The lowest BCUT2D eigenvalue weighted by Gasteiger charge is -2.21. The minimum Gasteiger partial charge on any atom is -0.370 e. The van der Waals surface area contributed by atoms with Crippen LogP contribution in [0.25, 0.3) is 10.2 Å². The summed E-state index contributed by atoms with van der Waals surface area (Å²) in [5.41, 5.74) is 0. The molecule has 114 valence electrons. The number of nitrogens with one attached hydrogen (secondary N) is 1. The monoisotopic (exact) mass is 304 g/mol. The average Bonchev–Trinajstić information content (AvgIpc) is 3.22. The summed E-state index contributed by atoms with van der Waals surface area (Å²) in [4.78, 5) is 13.2. The van der Waals surface area contributed by atoms with Crippen LogP contribution in [0.2, 0.25) is 0 Å². The first-order valence-corrected chi connectivity index (χ1v) is 8.91. The van der Waals surface area contributed by atoms with Gasteiger partial charge in [-0.1, -0.05) is 13.3 Å². The molecule has 5 heteroatoms. The zero-order valence-corrected chi connectivity index (χ0v) is 13.7. The van der Waals surface area contributed by atoms with E-state index in [1.807, 2.05) is 0 Å². The lowest BCUT2D eigenvalue weighted by Crippen LogP contribution is -2.27. The van der Waals surface area contributed by atoms with Gasteiger partial charge in [-0.3, -0.25) is 4.90 Å². The first kappa shape index (κ1) is 14.7. The summed E-state index contributed by atoms with van der Waals surface area (Å²) < 4.78 is 0. The molecule has 0 aromatic carbocycles. The number of rotatable bonds is 8. The van der Waals surface area contributed by atoms with Crippen molar-refractivity contribution in [2.75, 3.05) is 18.4 Å². The SMILES string of the molecule is CCCCN(Cc1nc(NCC)c2ccsc2n1)C1CC1. The fraction of sp³-hybridized carbons (Fsp3) is 0.625. The van der Waals surface area contributed by atoms with E-state index in [1.165, 1.54) is 32.2 Å². The molecule has 2 heterocycles. The largest absolute Gasteiger partial charge is 0.370 e. The molecule has 1 aliphatic carbocycles. The van der Waals surface area contributed by atoms with Crippen molar-refractivity contribution in [1.29, 1.82) is 0 Å². The van der Waals surface area contributed by atoms with E-state index in [9.17, 15) is 0 Å². The van der Waals surface area contributed by atoms with Gasteiger partial charge in [-0.25, -0.2) is 9.97 Å². The van der Waals surface area contributed by atoms with Crippen LogP contribution in [0.15, 0.2) is 11.4 Å². The molecule has 0 spiro atoms. The molecular weight excluding hydrogens is 280 g/mol. The maximum absolute atomic E-state index is 4.76. The van der Waals surface area contributed by atoms with Gasteiger partial charge in [0.25, 0.3) is 0 Å². The van der Waals surface area contributed by atoms with Crippen LogP contribution in [0.5, 0.6) is 0 Å². The normalized spacial score (nSPS) is 15.0. The third-order valence-corrected chi connectivity index (χ3v) is 4.73. The smallest absolute Gasteiger partial charge is 0.146 e. The molecule has 3 rings (SSSR count). The molecule has 0 radical (unpaired) electrons. The molecule has 1 N–H and O–H groups in total. The summed E-state index contributed by atoms with van der Waals surface area (Å²) in [5.74, 6) is 1.95. The second kappa shape index (κ2) is 6.71. The van der Waals surface area contributed by atoms with Crippen LogP contribution >= 0.6 is 11.3 Å². The van der Waals surface area contributed by atoms with Crippen LogP contribution in [0.4, 0.5) is 5.82 Å². The molecule has 1 fully saturated rings. The van der Waals surface area contributed by atoms with Crippen molar-refractivity contribution in [3.8, 4) is 0 Å². The van der Waals surface area contributed by atoms with Crippen LogP contribution in [0.3, 0.4) is 0 Å². The van der Waals surface area contributed by atoms with Crippen LogP contribution in [-0.4, -0.2) is 34.0 Å². The summed E-state index contributed by atoms with van der Waals surface area (Å²) in [6.45, 7) is 7.31. The number of fused-ring (bicyclic) bond motifs is 1. The van der Waals surface area contributed by atoms with E-state index in [1.54, 1.807) is 11.3 Å². The molecule has 0 unspecified atom stereocenters. The number of nitrogens with zero attached hydrogens (tertiary/aromatic N) is 3. The molecule has 4 nitrogen and oxygen atoms in total. The van der Waals surface area contributed by atoms with E-state index in [0.29, 0.717) is 0 Å². The Bertz CT molecular complexity index is 591. The summed E-state index contributed by atoms with van der Waals surface area (Å²) in [7, 11) is 0. The third kappa shape index (κ3) is 3.52. The van der Waals surface area contributed by atoms with E-state index in [2.05, 4.69) is 35.5 Å². The Kier molecular flexibility index (Phi) is 4.70. The van der Waals surface area contributed by atoms with E-state index < -0.39 is 0 Å². The first-order chi connectivity index (χ1) is 10.3. The number of thiophene rings is 1. The molecule has 0 amide bonds. The van der Waals surface area contributed by atoms with Gasteiger partial charge in [-0.2, -0.15) is 0 Å². The Morgan fingerprint density at radius 2 is 2.19 bits per heavy atom. The standard InChI is InChI=1S/C16H24N4S/c1-3-5-9-20(12-6-7-12)11-14-18-15(17-4-2)13-8-10-21-16(13)19-14/h8,10,12H,3-7,9,11H2,1-2H3,(H,17,18,19). The molecule has 1 aliphatic rings. The lowest BCUT2D eigenvalue weighted by molar-refractivity contribution is 0.245. The summed E-state index contributed by atoms with van der Waals surface area (Å²) in [6.07, 6.45) is 5.19. The van der Waals surface area contributed by atoms with Crippen molar-refractivity contribution in [1.82, 2.24) is 14.9 Å². The number of unbranched alkanes of at least 4 members (excludes halogenated alkanes) is 1. The van der Waals surface area contributed by atoms with E-state index in [4.69, 9.17) is 9.97 Å². The highest BCUT2D eigenvalue weighted by Crippen LogP contribution is 2.30. The Morgan fingerprint density at radius 3 is 2.90 bits per heavy atom. The summed E-state index contributed by atoms with van der Waals surface area (Å²) in [5, 5.41) is 6.62. The number of anilines is 1. The first-order valence-electron chi connectivity index (χ1n) is 8.03. The van der Waals surface area contributed by atoms with Gasteiger partial charge >= 0.3 is 0 Å². The molecule has 2 aromatic heterocycles. The number of aromatic nitrogens is 2. The zero-order valence-electron chi connectivity index (χ0n) is 12.9. The van der Waals surface area contributed by atoms with Gasteiger partial charge in [0, 0.05) is 12.6 Å². The Morgan fingerprint density at radius 1 is 1.33 bits per heavy atom. The van der Waals surface area contributed by atoms with E-state index >= 15 is 0 Å². The Labute approximate surface area is 130 Å². The molecule has 21 heavy (non-hydrogen) atoms. The van der Waals surface area contributed by atoms with Gasteiger partial charge in [0.15, 0.2) is 0 Å². The quantitative estimate of drug-likeness (QED) is 0.803. The minimum absolute atomic E-state index is 0.766. The van der Waals surface area contributed by atoms with E-state index in [0.717, 1.165) is 41.0 Å². The van der Waals surface area contributed by atoms with Crippen molar-refractivity contribution in [3.05, 3.63) is 17.3 Å². The zero-order chi connectivity index (χ0) is 14.7. The Balaban J connectivity index is 1.81. The highest BCUT2D eigenvalue weighted by molar-refractivity contribution is 7.16. The van der Waals surface area contributed by atoms with Crippen molar-refractivity contribution in [2.24, 2.45) is 0 Å². The second-order valence-electron chi connectivity index (χ2n) is 5.71. The van der Waals surface area contributed by atoms with Crippen molar-refractivity contribution >= 4 is 27.4 Å². The molecule has 0 atom stereocenters. The average molecular weight is 304 g/mol. The maximum atomic E-state index is 4.76. The van der Waals surface area contributed by atoms with Crippen LogP contribution in [0, 0.1) is 0 Å². The van der Waals surface area contributed by atoms with Crippen LogP contribution in [-0.2, 0) is 6.54 Å². The van der Waals surface area contributed by atoms with Crippen molar-refractivity contribution < 1.29 is 0 Å². The summed E-state index contributed by atoms with van der Waals surface area (Å²) in [6, 6.07) is 2.87. The Hall–Kier alpha value is -1.20. The highest BCUT2D eigenvalue weighted by atomic mass is 32.1. The maximum Gasteiger partial charge on any atom is 0.146 e. The molecule has 0 aliphatic heterocycles. The van der Waals surface area contributed by atoms with Crippen LogP contribution < -0.4 is 5.32 Å². The van der Waals surface area contributed by atoms with Gasteiger partial charge in [0.05, 0.1) is 11.9 Å². The van der Waals surface area contributed by atoms with Gasteiger partial charge < -0.3 is 5.32 Å². The highest BCUT2D eigenvalue weighted by Gasteiger charge is 2.29. The predicted octanol–water partition coefficient (Wildman–Crippen LogP) is 3.89. The van der Waals surface area contributed by atoms with Gasteiger partial charge in [0.1, 0.15) is 16.5 Å². The molecular formula is C16H24N4S. The van der Waals surface area contributed by atoms with Crippen molar-refractivity contribution in [3.63, 3.8) is 0 Å². The van der Waals surface area contributed by atoms with E-state index in [-0.39, 0.29) is 0 Å². The molecule has 2 aromatic rings. The van der Waals surface area contributed by atoms with Gasteiger partial charge in [-0.15, -0.1) is 11.3 Å². The summed E-state index contributed by atoms with van der Waals surface area (Å²) >= 11 is 1.70. The fourth-order valence-electron chi connectivity index (χ4n) is 2.65. The molecule has 0 bridgehead atoms. The molecule has 1 saturated carbocycles. The minimum atomic E-state index is 0.766. The number of hydrogen-bond acceptors (Lipinski definition) is 5. The van der Waals surface area contributed by atoms with Gasteiger partial charge in [0.2, 0.25) is 0 Å². The second-order valence-corrected chi connectivity index (χ2v) is 6.61. The number of hydrogen-bond donors (Lipinski definition) is 1. The molecule has 0 saturated heterocycles.